The summed E-state index contributed by atoms with van der Waals surface area (Å²) >= 11 is 0. The third-order valence-corrected chi connectivity index (χ3v) is 3.19. The van der Waals surface area contributed by atoms with E-state index in [1.165, 1.54) is 0 Å². The van der Waals surface area contributed by atoms with Gasteiger partial charge in [-0.3, -0.25) is 0 Å². The van der Waals surface area contributed by atoms with E-state index in [1.54, 1.807) is 24.3 Å². The highest BCUT2D eigenvalue weighted by molar-refractivity contribution is 5.94. The van der Waals surface area contributed by atoms with Gasteiger partial charge in [-0.05, 0) is 12.1 Å². The molecule has 0 saturated carbocycles. The molecule has 1 aromatic rings. The predicted molar refractivity (Wildman–Crippen MR) is 66.9 cm³/mol. The van der Waals surface area contributed by atoms with Crippen LogP contribution in [0.15, 0.2) is 24.3 Å². The zero-order chi connectivity index (χ0) is 13.0. The molecule has 1 heterocycles. The number of aliphatic hydroxyl groups is 1. The molecule has 0 unspecified atom stereocenters. The van der Waals surface area contributed by atoms with Gasteiger partial charge in [-0.1, -0.05) is 12.1 Å². The number of carboxylic acids is 1. The van der Waals surface area contributed by atoms with Crippen molar-refractivity contribution < 1.29 is 19.7 Å². The Hall–Kier alpha value is -1.59. The smallest absolute Gasteiger partial charge is 0.337 e. The zero-order valence-corrected chi connectivity index (χ0v) is 10.1. The number of para-hydroxylation sites is 1. The van der Waals surface area contributed by atoms with Crippen molar-refractivity contribution in [1.82, 2.24) is 0 Å². The van der Waals surface area contributed by atoms with Crippen LogP contribution in [0.4, 0.5) is 5.69 Å². The first kappa shape index (κ1) is 12.9. The first-order valence-corrected chi connectivity index (χ1v) is 5.97. The Balaban J connectivity index is 2.03. The number of ether oxygens (including phenoxy) is 1. The van der Waals surface area contributed by atoms with Gasteiger partial charge in [-0.2, -0.15) is 0 Å². The maximum absolute atomic E-state index is 11.0. The van der Waals surface area contributed by atoms with Crippen LogP contribution in [0.1, 0.15) is 23.2 Å². The number of rotatable bonds is 4. The average molecular weight is 251 g/mol. The van der Waals surface area contributed by atoms with Crippen LogP contribution < -0.4 is 5.32 Å². The molecule has 0 aliphatic carbocycles. The van der Waals surface area contributed by atoms with Crippen LogP contribution in [0.2, 0.25) is 0 Å². The van der Waals surface area contributed by atoms with Gasteiger partial charge < -0.3 is 20.3 Å². The van der Waals surface area contributed by atoms with Crippen LogP contribution in [0.5, 0.6) is 0 Å². The quantitative estimate of drug-likeness (QED) is 0.752. The van der Waals surface area contributed by atoms with E-state index in [0.29, 0.717) is 38.3 Å². The molecule has 0 radical (unpaired) electrons. The van der Waals surface area contributed by atoms with E-state index in [1.807, 2.05) is 0 Å². The number of anilines is 1. The largest absolute Gasteiger partial charge is 0.478 e. The second-order valence-electron chi connectivity index (χ2n) is 4.54. The van der Waals surface area contributed by atoms with Gasteiger partial charge in [0, 0.05) is 38.3 Å². The van der Waals surface area contributed by atoms with Crippen molar-refractivity contribution in [3.8, 4) is 0 Å². The molecule has 1 saturated heterocycles. The molecule has 1 aromatic carbocycles. The second kappa shape index (κ2) is 5.37. The van der Waals surface area contributed by atoms with Crippen molar-refractivity contribution in [1.29, 1.82) is 0 Å². The van der Waals surface area contributed by atoms with E-state index in [2.05, 4.69) is 5.32 Å². The summed E-state index contributed by atoms with van der Waals surface area (Å²) in [7, 11) is 0. The van der Waals surface area contributed by atoms with Gasteiger partial charge in [0.2, 0.25) is 0 Å². The molecular formula is C13H17NO4. The average Bonchev–Trinajstić information content (AvgIpc) is 2.38. The highest BCUT2D eigenvalue weighted by atomic mass is 16.5. The maximum atomic E-state index is 11.0. The lowest BCUT2D eigenvalue weighted by Crippen LogP contribution is -2.42. The summed E-state index contributed by atoms with van der Waals surface area (Å²) in [4.78, 5) is 11.0. The topological polar surface area (TPSA) is 78.8 Å². The second-order valence-corrected chi connectivity index (χ2v) is 4.54. The van der Waals surface area contributed by atoms with Crippen molar-refractivity contribution in [2.45, 2.75) is 18.4 Å². The van der Waals surface area contributed by atoms with Crippen molar-refractivity contribution in [2.24, 2.45) is 0 Å². The lowest BCUT2D eigenvalue weighted by atomic mass is 9.94. The van der Waals surface area contributed by atoms with Crippen LogP contribution in [0.3, 0.4) is 0 Å². The molecule has 18 heavy (non-hydrogen) atoms. The molecule has 5 nitrogen and oxygen atoms in total. The third-order valence-electron chi connectivity index (χ3n) is 3.19. The molecule has 3 N–H and O–H groups in total. The minimum absolute atomic E-state index is 0.216. The Morgan fingerprint density at radius 1 is 1.33 bits per heavy atom. The number of hydrogen-bond donors (Lipinski definition) is 3. The van der Waals surface area contributed by atoms with Crippen molar-refractivity contribution in [3.05, 3.63) is 29.8 Å². The van der Waals surface area contributed by atoms with E-state index in [-0.39, 0.29) is 5.56 Å². The van der Waals surface area contributed by atoms with Crippen molar-refractivity contribution in [3.63, 3.8) is 0 Å². The predicted octanol–water partition coefficient (Wildman–Crippen LogP) is 1.34. The van der Waals surface area contributed by atoms with E-state index in [4.69, 9.17) is 9.84 Å². The fraction of sp³-hybridized carbons (Fsp3) is 0.462. The molecule has 0 amide bonds. The summed E-state index contributed by atoms with van der Waals surface area (Å²) in [5.41, 5.74) is -0.0674. The van der Waals surface area contributed by atoms with E-state index in [0.717, 1.165) is 0 Å². The number of hydrogen-bond acceptors (Lipinski definition) is 4. The molecule has 0 atom stereocenters. The maximum Gasteiger partial charge on any atom is 0.337 e. The molecule has 1 aliphatic rings. The summed E-state index contributed by atoms with van der Waals surface area (Å²) in [6.45, 7) is 1.41. The van der Waals surface area contributed by atoms with Gasteiger partial charge >= 0.3 is 5.97 Å². The number of carbonyl (C=O) groups is 1. The van der Waals surface area contributed by atoms with Gasteiger partial charge in [-0.25, -0.2) is 4.79 Å². The Labute approximate surface area is 105 Å². The van der Waals surface area contributed by atoms with Crippen molar-refractivity contribution in [2.75, 3.05) is 25.1 Å². The van der Waals surface area contributed by atoms with Crippen LogP contribution in [0, 0.1) is 0 Å². The van der Waals surface area contributed by atoms with Gasteiger partial charge in [0.1, 0.15) is 0 Å². The molecule has 5 heteroatoms. The van der Waals surface area contributed by atoms with Crippen LogP contribution >= 0.6 is 0 Å². The number of nitrogens with one attached hydrogen (secondary N) is 1. The zero-order valence-electron chi connectivity index (χ0n) is 10.1. The summed E-state index contributed by atoms with van der Waals surface area (Å²) in [5, 5.41) is 22.3. The van der Waals surface area contributed by atoms with Gasteiger partial charge in [-0.15, -0.1) is 0 Å². The lowest BCUT2D eigenvalue weighted by molar-refractivity contribution is -0.0543. The SMILES string of the molecule is O=C(O)c1ccccc1NCC1(O)CCOCC1. The van der Waals surface area contributed by atoms with Gasteiger partial charge in [0.25, 0.3) is 0 Å². The highest BCUT2D eigenvalue weighted by Crippen LogP contribution is 2.22. The first-order chi connectivity index (χ1) is 8.61. The Morgan fingerprint density at radius 3 is 2.67 bits per heavy atom. The highest BCUT2D eigenvalue weighted by Gasteiger charge is 2.29. The Bertz CT molecular complexity index is 427. The monoisotopic (exact) mass is 251 g/mol. The summed E-state index contributed by atoms with van der Waals surface area (Å²) in [6, 6.07) is 6.69. The van der Waals surface area contributed by atoms with E-state index in [9.17, 15) is 9.90 Å². The van der Waals surface area contributed by atoms with E-state index < -0.39 is 11.6 Å². The van der Waals surface area contributed by atoms with E-state index >= 15 is 0 Å². The summed E-state index contributed by atoms with van der Waals surface area (Å²) in [6.07, 6.45) is 1.13. The van der Waals surface area contributed by atoms with Crippen LogP contribution in [0.25, 0.3) is 0 Å². The Morgan fingerprint density at radius 2 is 2.00 bits per heavy atom. The normalized spacial score (nSPS) is 18.3. The molecule has 2 rings (SSSR count). The fourth-order valence-electron chi connectivity index (χ4n) is 2.01. The summed E-state index contributed by atoms with van der Waals surface area (Å²) in [5.74, 6) is -0.975. The van der Waals surface area contributed by atoms with Gasteiger partial charge in [0.05, 0.1) is 11.2 Å². The van der Waals surface area contributed by atoms with Crippen LogP contribution in [-0.4, -0.2) is 41.5 Å². The van der Waals surface area contributed by atoms with Gasteiger partial charge in [0.15, 0.2) is 0 Å². The molecule has 0 spiro atoms. The number of carboxylic acid groups (broad SMARTS) is 1. The molecular weight excluding hydrogens is 234 g/mol. The number of benzene rings is 1. The molecule has 98 valence electrons. The Kier molecular flexibility index (Phi) is 3.84. The summed E-state index contributed by atoms with van der Waals surface area (Å²) < 4.78 is 5.20. The molecule has 1 aliphatic heterocycles. The molecule has 1 fully saturated rings. The van der Waals surface area contributed by atoms with Crippen molar-refractivity contribution >= 4 is 11.7 Å². The van der Waals surface area contributed by atoms with Crippen LogP contribution in [-0.2, 0) is 4.74 Å². The standard InChI is InChI=1S/C13H17NO4/c15-12(16)10-3-1-2-4-11(10)14-9-13(17)5-7-18-8-6-13/h1-4,14,17H,5-9H2,(H,15,16). The lowest BCUT2D eigenvalue weighted by Gasteiger charge is -2.32. The number of aromatic carboxylic acids is 1. The first-order valence-electron chi connectivity index (χ1n) is 5.97. The molecule has 0 bridgehead atoms. The fourth-order valence-corrected chi connectivity index (χ4v) is 2.01. The minimum Gasteiger partial charge on any atom is -0.478 e. The third kappa shape index (κ3) is 3.00. The minimum atomic E-state index is -0.975. The molecule has 0 aromatic heterocycles.